The van der Waals surface area contributed by atoms with Gasteiger partial charge in [-0.3, -0.25) is 14.9 Å². The van der Waals surface area contributed by atoms with Crippen molar-refractivity contribution in [3.63, 3.8) is 0 Å². The largest absolute Gasteiger partial charge is 0.366 e. The molecule has 3 heterocycles. The van der Waals surface area contributed by atoms with E-state index in [4.69, 9.17) is 0 Å². The summed E-state index contributed by atoms with van der Waals surface area (Å²) < 4.78 is 0. The van der Waals surface area contributed by atoms with Crippen LogP contribution in [0.4, 0.5) is 16.6 Å². The predicted molar refractivity (Wildman–Crippen MR) is 107 cm³/mol. The van der Waals surface area contributed by atoms with Crippen molar-refractivity contribution in [2.24, 2.45) is 0 Å². The van der Waals surface area contributed by atoms with Crippen LogP contribution < -0.4 is 15.5 Å². The number of nitrogens with one attached hydrogen (secondary N) is 2. The van der Waals surface area contributed by atoms with Crippen LogP contribution in [0.25, 0.3) is 0 Å². The molecule has 0 unspecified atom stereocenters. The fraction of sp³-hybridized carbons (Fsp3) is 0.211. The number of pyridine rings is 1. The standard InChI is InChI=1S/C19H18N6O2S/c26-17-2-1-9-25(17)15-6-3-13(4-7-15)10-20-16-8-5-14(11-21-16)18(27)23-19-24-22-12-28-19/h3-8,11-12H,1-2,9-10H2,(H,20,21)(H,23,24,27). The Morgan fingerprint density at radius 2 is 2.04 bits per heavy atom. The van der Waals surface area contributed by atoms with E-state index in [1.54, 1.807) is 17.6 Å². The average molecular weight is 394 g/mol. The molecule has 0 aliphatic carbocycles. The normalized spacial score (nSPS) is 13.6. The smallest absolute Gasteiger partial charge is 0.259 e. The minimum absolute atomic E-state index is 0.185. The number of carbonyl (C=O) groups is 2. The van der Waals surface area contributed by atoms with Gasteiger partial charge in [0.1, 0.15) is 11.3 Å². The molecule has 28 heavy (non-hydrogen) atoms. The molecule has 2 N–H and O–H groups in total. The molecule has 1 aromatic carbocycles. The maximum absolute atomic E-state index is 12.1. The summed E-state index contributed by atoms with van der Waals surface area (Å²) in [5.41, 5.74) is 4.02. The van der Waals surface area contributed by atoms with Gasteiger partial charge in [-0.25, -0.2) is 4.98 Å². The molecule has 0 spiro atoms. The van der Waals surface area contributed by atoms with Crippen molar-refractivity contribution < 1.29 is 9.59 Å². The number of benzene rings is 1. The Kier molecular flexibility index (Phi) is 5.24. The summed E-state index contributed by atoms with van der Waals surface area (Å²) in [6.07, 6.45) is 3.06. The molecule has 142 valence electrons. The van der Waals surface area contributed by atoms with Crippen molar-refractivity contribution in [3.8, 4) is 0 Å². The first-order valence-electron chi connectivity index (χ1n) is 8.86. The number of hydrogen-bond acceptors (Lipinski definition) is 7. The lowest BCUT2D eigenvalue weighted by Gasteiger charge is -2.16. The molecule has 0 bridgehead atoms. The van der Waals surface area contributed by atoms with Gasteiger partial charge < -0.3 is 10.2 Å². The van der Waals surface area contributed by atoms with E-state index in [2.05, 4.69) is 25.8 Å². The highest BCUT2D eigenvalue weighted by Crippen LogP contribution is 2.22. The van der Waals surface area contributed by atoms with Crippen LogP contribution >= 0.6 is 11.3 Å². The van der Waals surface area contributed by atoms with Crippen LogP contribution in [-0.2, 0) is 11.3 Å². The molecule has 0 radical (unpaired) electrons. The summed E-state index contributed by atoms with van der Waals surface area (Å²) in [6.45, 7) is 1.39. The number of anilines is 3. The van der Waals surface area contributed by atoms with E-state index < -0.39 is 0 Å². The van der Waals surface area contributed by atoms with Crippen LogP contribution in [-0.4, -0.2) is 33.5 Å². The highest BCUT2D eigenvalue weighted by molar-refractivity contribution is 7.13. The maximum Gasteiger partial charge on any atom is 0.259 e. The van der Waals surface area contributed by atoms with Crippen molar-refractivity contribution in [2.45, 2.75) is 19.4 Å². The molecule has 8 nitrogen and oxygen atoms in total. The van der Waals surface area contributed by atoms with Gasteiger partial charge in [0.15, 0.2) is 0 Å². The summed E-state index contributed by atoms with van der Waals surface area (Å²) in [4.78, 5) is 30.0. The van der Waals surface area contributed by atoms with Crippen molar-refractivity contribution in [3.05, 3.63) is 59.2 Å². The second-order valence-electron chi connectivity index (χ2n) is 6.30. The van der Waals surface area contributed by atoms with Crippen LogP contribution in [0.5, 0.6) is 0 Å². The Morgan fingerprint density at radius 3 is 2.68 bits per heavy atom. The molecular weight excluding hydrogens is 376 g/mol. The van der Waals surface area contributed by atoms with E-state index >= 15 is 0 Å². The Labute approximate surface area is 165 Å². The van der Waals surface area contributed by atoms with Crippen LogP contribution in [0.15, 0.2) is 48.1 Å². The Balaban J connectivity index is 1.32. The summed E-state index contributed by atoms with van der Waals surface area (Å²) in [5, 5.41) is 13.8. The Bertz CT molecular complexity index is 957. The van der Waals surface area contributed by atoms with E-state index in [1.807, 2.05) is 29.2 Å². The monoisotopic (exact) mass is 394 g/mol. The molecule has 0 atom stereocenters. The SMILES string of the molecule is O=C(Nc1nncs1)c1ccc(NCc2ccc(N3CCCC3=O)cc2)nc1. The van der Waals surface area contributed by atoms with Crippen LogP contribution in [0.3, 0.4) is 0 Å². The van der Waals surface area contributed by atoms with Gasteiger partial charge in [0.2, 0.25) is 11.0 Å². The molecule has 2 aromatic heterocycles. The van der Waals surface area contributed by atoms with Gasteiger partial charge in [0.25, 0.3) is 5.91 Å². The highest BCUT2D eigenvalue weighted by atomic mass is 32.1. The van der Waals surface area contributed by atoms with Crippen molar-refractivity contribution in [1.29, 1.82) is 0 Å². The highest BCUT2D eigenvalue weighted by Gasteiger charge is 2.21. The van der Waals surface area contributed by atoms with Crippen molar-refractivity contribution >= 4 is 39.8 Å². The third-order valence-corrected chi connectivity index (χ3v) is 5.01. The molecule has 1 fully saturated rings. The van der Waals surface area contributed by atoms with E-state index in [0.717, 1.165) is 24.2 Å². The zero-order valence-electron chi connectivity index (χ0n) is 15.0. The van der Waals surface area contributed by atoms with Crippen LogP contribution in [0.2, 0.25) is 0 Å². The number of nitrogens with zero attached hydrogens (tertiary/aromatic N) is 4. The van der Waals surface area contributed by atoms with Gasteiger partial charge in [-0.15, -0.1) is 10.2 Å². The molecule has 1 aliphatic rings. The molecule has 3 aromatic rings. The second kappa shape index (κ2) is 8.13. The average Bonchev–Trinajstić information content (AvgIpc) is 3.39. The lowest BCUT2D eigenvalue weighted by atomic mass is 10.2. The summed E-state index contributed by atoms with van der Waals surface area (Å²) in [5.74, 6) is 0.583. The van der Waals surface area contributed by atoms with Crippen molar-refractivity contribution in [1.82, 2.24) is 15.2 Å². The number of hydrogen-bond donors (Lipinski definition) is 2. The van der Waals surface area contributed by atoms with Crippen molar-refractivity contribution in [2.75, 3.05) is 22.1 Å². The first-order chi connectivity index (χ1) is 13.7. The van der Waals surface area contributed by atoms with Gasteiger partial charge in [0.05, 0.1) is 5.56 Å². The summed E-state index contributed by atoms with van der Waals surface area (Å²) in [7, 11) is 0. The molecular formula is C19H18N6O2S. The van der Waals surface area contributed by atoms with Gasteiger partial charge in [-0.05, 0) is 36.2 Å². The van der Waals surface area contributed by atoms with E-state index in [9.17, 15) is 9.59 Å². The van der Waals surface area contributed by atoms with Gasteiger partial charge >= 0.3 is 0 Å². The molecule has 0 saturated carbocycles. The Morgan fingerprint density at radius 1 is 1.18 bits per heavy atom. The predicted octanol–water partition coefficient (Wildman–Crippen LogP) is 2.92. The molecule has 2 amide bonds. The zero-order valence-corrected chi connectivity index (χ0v) is 15.8. The summed E-state index contributed by atoms with van der Waals surface area (Å²) in [6, 6.07) is 11.4. The minimum atomic E-state index is -0.275. The van der Waals surface area contributed by atoms with Gasteiger partial charge in [0, 0.05) is 31.4 Å². The maximum atomic E-state index is 12.1. The topological polar surface area (TPSA) is 100 Å². The number of amides is 2. The van der Waals surface area contributed by atoms with Crippen LogP contribution in [0, 0.1) is 0 Å². The Hall–Kier alpha value is -3.33. The lowest BCUT2D eigenvalue weighted by molar-refractivity contribution is -0.117. The zero-order chi connectivity index (χ0) is 19.3. The summed E-state index contributed by atoms with van der Waals surface area (Å²) >= 11 is 1.26. The molecule has 9 heteroatoms. The number of rotatable bonds is 6. The van der Waals surface area contributed by atoms with E-state index in [-0.39, 0.29) is 11.8 Å². The van der Waals surface area contributed by atoms with Gasteiger partial charge in [-0.2, -0.15) is 0 Å². The number of carbonyl (C=O) groups excluding carboxylic acids is 2. The second-order valence-corrected chi connectivity index (χ2v) is 7.13. The quantitative estimate of drug-likeness (QED) is 0.667. The van der Waals surface area contributed by atoms with Crippen LogP contribution in [0.1, 0.15) is 28.8 Å². The fourth-order valence-electron chi connectivity index (χ4n) is 2.94. The molecule has 1 saturated heterocycles. The van der Waals surface area contributed by atoms with E-state index in [0.29, 0.717) is 29.5 Å². The number of aromatic nitrogens is 3. The third-order valence-electron chi connectivity index (χ3n) is 4.40. The third kappa shape index (κ3) is 4.15. The van der Waals surface area contributed by atoms with Gasteiger partial charge in [-0.1, -0.05) is 23.5 Å². The molecule has 4 rings (SSSR count). The first kappa shape index (κ1) is 18.1. The van der Waals surface area contributed by atoms with E-state index in [1.165, 1.54) is 17.5 Å². The fourth-order valence-corrected chi connectivity index (χ4v) is 3.38. The first-order valence-corrected chi connectivity index (χ1v) is 9.74. The lowest BCUT2D eigenvalue weighted by Crippen LogP contribution is -2.23. The minimum Gasteiger partial charge on any atom is -0.366 e. The molecule has 1 aliphatic heterocycles.